The molecule has 1 aromatic carbocycles. The van der Waals surface area contributed by atoms with Gasteiger partial charge in [0.05, 0.1) is 12.2 Å². The van der Waals surface area contributed by atoms with Crippen LogP contribution >= 0.6 is 0 Å². The maximum Gasteiger partial charge on any atom is 0.407 e. The second-order valence-corrected chi connectivity index (χ2v) is 5.12. The zero-order valence-electron chi connectivity index (χ0n) is 11.0. The standard InChI is InChI=1S/C14H19NO4/c1-10-2-3-11(9-16)12(8-10)14(19)4-6-15(7-5-14)13(17)18/h2-3,8,16,19H,4-7,9H2,1H3,(H,17,18). The molecule has 3 N–H and O–H groups in total. The topological polar surface area (TPSA) is 81.0 Å². The number of benzene rings is 1. The Morgan fingerprint density at radius 3 is 2.53 bits per heavy atom. The highest BCUT2D eigenvalue weighted by molar-refractivity contribution is 5.65. The predicted octanol–water partition coefficient (Wildman–Crippen LogP) is 1.45. The smallest absolute Gasteiger partial charge is 0.407 e. The van der Waals surface area contributed by atoms with Gasteiger partial charge in [0.1, 0.15) is 0 Å². The van der Waals surface area contributed by atoms with Gasteiger partial charge in [-0.1, -0.05) is 23.8 Å². The first-order chi connectivity index (χ1) is 8.96. The number of aryl methyl sites for hydroxylation is 1. The first-order valence-corrected chi connectivity index (χ1v) is 6.37. The first kappa shape index (κ1) is 13.8. The minimum atomic E-state index is -1.05. The fourth-order valence-corrected chi connectivity index (χ4v) is 2.60. The zero-order chi connectivity index (χ0) is 14.0. The van der Waals surface area contributed by atoms with Crippen LogP contribution in [0.25, 0.3) is 0 Å². The van der Waals surface area contributed by atoms with Gasteiger partial charge >= 0.3 is 6.09 Å². The van der Waals surface area contributed by atoms with Crippen LogP contribution in [0.1, 0.15) is 29.5 Å². The van der Waals surface area contributed by atoms with Gasteiger partial charge in [-0.05, 0) is 30.9 Å². The van der Waals surface area contributed by atoms with Crippen molar-refractivity contribution in [1.29, 1.82) is 0 Å². The van der Waals surface area contributed by atoms with Crippen LogP contribution in [-0.4, -0.2) is 39.4 Å². The Hall–Kier alpha value is -1.59. The van der Waals surface area contributed by atoms with Gasteiger partial charge in [0.15, 0.2) is 0 Å². The van der Waals surface area contributed by atoms with E-state index in [2.05, 4.69) is 0 Å². The molecule has 1 heterocycles. The Bertz CT molecular complexity index is 478. The summed E-state index contributed by atoms with van der Waals surface area (Å²) in [6.45, 7) is 2.43. The molecule has 5 heteroatoms. The number of carboxylic acid groups (broad SMARTS) is 1. The van der Waals surface area contributed by atoms with Crippen LogP contribution in [0, 0.1) is 6.92 Å². The van der Waals surface area contributed by atoms with E-state index in [1.807, 2.05) is 25.1 Å². The van der Waals surface area contributed by atoms with Crippen LogP contribution in [0.5, 0.6) is 0 Å². The Morgan fingerprint density at radius 2 is 2.00 bits per heavy atom. The first-order valence-electron chi connectivity index (χ1n) is 6.37. The summed E-state index contributed by atoms with van der Waals surface area (Å²) < 4.78 is 0. The number of nitrogens with zero attached hydrogens (tertiary/aromatic N) is 1. The second kappa shape index (κ2) is 5.19. The fraction of sp³-hybridized carbons (Fsp3) is 0.500. The van der Waals surface area contributed by atoms with Gasteiger partial charge < -0.3 is 20.2 Å². The van der Waals surface area contributed by atoms with E-state index in [9.17, 15) is 15.0 Å². The number of hydrogen-bond acceptors (Lipinski definition) is 3. The van der Waals surface area contributed by atoms with E-state index in [4.69, 9.17) is 5.11 Å². The highest BCUT2D eigenvalue weighted by Crippen LogP contribution is 2.35. The van der Waals surface area contributed by atoms with Gasteiger partial charge in [-0.15, -0.1) is 0 Å². The lowest BCUT2D eigenvalue weighted by Gasteiger charge is -2.38. The Labute approximate surface area is 112 Å². The number of rotatable bonds is 2. The summed E-state index contributed by atoms with van der Waals surface area (Å²) in [6, 6.07) is 5.58. The van der Waals surface area contributed by atoms with E-state index in [-0.39, 0.29) is 6.61 Å². The molecule has 0 radical (unpaired) electrons. The van der Waals surface area contributed by atoms with Crippen LogP contribution in [0.2, 0.25) is 0 Å². The van der Waals surface area contributed by atoms with Gasteiger partial charge in [-0.25, -0.2) is 4.79 Å². The summed E-state index contributed by atoms with van der Waals surface area (Å²) in [5.74, 6) is 0. The van der Waals surface area contributed by atoms with Crippen molar-refractivity contribution in [2.24, 2.45) is 0 Å². The number of aliphatic hydroxyl groups excluding tert-OH is 1. The number of amides is 1. The number of aliphatic hydroxyl groups is 2. The van der Waals surface area contributed by atoms with Crippen LogP contribution in [-0.2, 0) is 12.2 Å². The molecule has 0 aliphatic carbocycles. The van der Waals surface area contributed by atoms with Crippen LogP contribution in [0.4, 0.5) is 4.79 Å². The molecule has 1 aliphatic heterocycles. The molecule has 2 rings (SSSR count). The lowest BCUT2D eigenvalue weighted by Crippen LogP contribution is -2.45. The van der Waals surface area contributed by atoms with Crippen molar-refractivity contribution in [3.63, 3.8) is 0 Å². The number of likely N-dealkylation sites (tertiary alicyclic amines) is 1. The average molecular weight is 265 g/mol. The Kier molecular flexibility index (Phi) is 3.78. The van der Waals surface area contributed by atoms with E-state index >= 15 is 0 Å². The van der Waals surface area contributed by atoms with Crippen molar-refractivity contribution in [3.8, 4) is 0 Å². The molecule has 0 unspecified atom stereocenters. The SMILES string of the molecule is Cc1ccc(CO)c(C2(O)CCN(C(=O)O)CC2)c1. The van der Waals surface area contributed by atoms with Crippen LogP contribution in [0.15, 0.2) is 18.2 Å². The maximum atomic E-state index is 10.9. The summed E-state index contributed by atoms with van der Waals surface area (Å²) in [4.78, 5) is 12.2. The van der Waals surface area contributed by atoms with Crippen molar-refractivity contribution in [3.05, 3.63) is 34.9 Å². The molecule has 1 fully saturated rings. The predicted molar refractivity (Wildman–Crippen MR) is 69.8 cm³/mol. The monoisotopic (exact) mass is 265 g/mol. The van der Waals surface area contributed by atoms with Crippen molar-refractivity contribution in [2.45, 2.75) is 32.0 Å². The van der Waals surface area contributed by atoms with Crippen molar-refractivity contribution < 1.29 is 20.1 Å². The zero-order valence-corrected chi connectivity index (χ0v) is 11.0. The minimum Gasteiger partial charge on any atom is -0.465 e. The molecule has 0 aromatic heterocycles. The average Bonchev–Trinajstić information content (AvgIpc) is 2.39. The van der Waals surface area contributed by atoms with Crippen molar-refractivity contribution in [2.75, 3.05) is 13.1 Å². The Balaban J connectivity index is 2.26. The fourth-order valence-electron chi connectivity index (χ4n) is 2.60. The molecule has 0 saturated carbocycles. The molecule has 0 spiro atoms. The van der Waals surface area contributed by atoms with Crippen molar-refractivity contribution >= 4 is 6.09 Å². The number of carbonyl (C=O) groups is 1. The van der Waals surface area contributed by atoms with Gasteiger partial charge in [0, 0.05) is 13.1 Å². The van der Waals surface area contributed by atoms with Gasteiger partial charge in [-0.2, -0.15) is 0 Å². The third kappa shape index (κ3) is 2.72. The maximum absolute atomic E-state index is 10.9. The lowest BCUT2D eigenvalue weighted by molar-refractivity contribution is -0.0227. The van der Waals surface area contributed by atoms with E-state index < -0.39 is 11.7 Å². The van der Waals surface area contributed by atoms with E-state index in [0.717, 1.165) is 11.1 Å². The molecule has 1 aromatic rings. The van der Waals surface area contributed by atoms with Gasteiger partial charge in [0.25, 0.3) is 0 Å². The van der Waals surface area contributed by atoms with E-state index in [1.165, 1.54) is 4.90 Å². The molecular formula is C14H19NO4. The normalized spacial score (nSPS) is 18.4. The third-order valence-corrected chi connectivity index (χ3v) is 3.80. The second-order valence-electron chi connectivity index (χ2n) is 5.12. The molecule has 0 atom stereocenters. The van der Waals surface area contributed by atoms with Crippen LogP contribution in [0.3, 0.4) is 0 Å². The highest BCUT2D eigenvalue weighted by Gasteiger charge is 2.36. The minimum absolute atomic E-state index is 0.124. The summed E-state index contributed by atoms with van der Waals surface area (Å²) in [6.07, 6.45) is -0.237. The summed E-state index contributed by atoms with van der Waals surface area (Å²) in [7, 11) is 0. The summed E-state index contributed by atoms with van der Waals surface area (Å²) in [5.41, 5.74) is 1.40. The van der Waals surface area contributed by atoms with E-state index in [0.29, 0.717) is 31.5 Å². The molecule has 104 valence electrons. The quantitative estimate of drug-likeness (QED) is 0.756. The third-order valence-electron chi connectivity index (χ3n) is 3.80. The molecule has 0 bridgehead atoms. The molecular weight excluding hydrogens is 246 g/mol. The number of hydrogen-bond donors (Lipinski definition) is 3. The highest BCUT2D eigenvalue weighted by atomic mass is 16.4. The lowest BCUT2D eigenvalue weighted by atomic mass is 9.81. The van der Waals surface area contributed by atoms with Gasteiger partial charge in [0.2, 0.25) is 0 Å². The molecule has 1 amide bonds. The van der Waals surface area contributed by atoms with Crippen molar-refractivity contribution in [1.82, 2.24) is 4.90 Å². The summed E-state index contributed by atoms with van der Waals surface area (Å²) in [5, 5.41) is 29.1. The van der Waals surface area contributed by atoms with Crippen LogP contribution < -0.4 is 0 Å². The van der Waals surface area contributed by atoms with E-state index in [1.54, 1.807) is 0 Å². The molecule has 1 saturated heterocycles. The molecule has 19 heavy (non-hydrogen) atoms. The molecule has 5 nitrogen and oxygen atoms in total. The molecule has 1 aliphatic rings. The summed E-state index contributed by atoms with van der Waals surface area (Å²) >= 11 is 0. The van der Waals surface area contributed by atoms with Gasteiger partial charge in [-0.3, -0.25) is 0 Å². The number of piperidine rings is 1. The largest absolute Gasteiger partial charge is 0.465 e. The Morgan fingerprint density at radius 1 is 1.37 bits per heavy atom.